The predicted octanol–water partition coefficient (Wildman–Crippen LogP) is 1.41. The molecule has 1 saturated carbocycles. The number of rotatable bonds is 1. The summed E-state index contributed by atoms with van der Waals surface area (Å²) < 4.78 is 1.29. The van der Waals surface area contributed by atoms with Crippen molar-refractivity contribution in [3.63, 3.8) is 0 Å². The van der Waals surface area contributed by atoms with Gasteiger partial charge in [0.15, 0.2) is 0 Å². The zero-order chi connectivity index (χ0) is 10.8. The van der Waals surface area contributed by atoms with E-state index in [9.17, 15) is 4.79 Å². The lowest BCUT2D eigenvalue weighted by atomic mass is 9.84. The van der Waals surface area contributed by atoms with Gasteiger partial charge in [-0.3, -0.25) is 4.79 Å². The van der Waals surface area contributed by atoms with Gasteiger partial charge in [0.05, 0.1) is 6.20 Å². The summed E-state index contributed by atoms with van der Waals surface area (Å²) in [6.45, 7) is 0. The number of hydrogen-bond donors (Lipinski definition) is 1. The molecule has 0 radical (unpaired) electrons. The summed E-state index contributed by atoms with van der Waals surface area (Å²) in [5, 5.41) is 4.04. The summed E-state index contributed by atoms with van der Waals surface area (Å²) in [4.78, 5) is 11.6. The topological polar surface area (TPSA) is 60.9 Å². The van der Waals surface area contributed by atoms with E-state index in [1.807, 2.05) is 0 Å². The van der Waals surface area contributed by atoms with Gasteiger partial charge in [0.25, 0.3) is 5.56 Å². The van der Waals surface area contributed by atoms with Crippen LogP contribution in [0.2, 0.25) is 0 Å². The molecule has 0 atom stereocenters. The summed E-state index contributed by atoms with van der Waals surface area (Å²) in [6, 6.07) is 0. The first kappa shape index (κ1) is 10.2. The monoisotopic (exact) mass is 207 g/mol. The molecule has 0 spiro atoms. The largest absolute Gasteiger partial charge is 0.394 e. The molecule has 1 aromatic heterocycles. The molecule has 1 fully saturated rings. The molecular weight excluding hydrogens is 190 g/mol. The molecule has 15 heavy (non-hydrogen) atoms. The van der Waals surface area contributed by atoms with Crippen molar-refractivity contribution < 1.29 is 0 Å². The molecule has 1 heterocycles. The minimum absolute atomic E-state index is 0.168. The normalized spacial score (nSPS) is 17.9. The number of nitrogens with two attached hydrogens (primary N) is 1. The highest BCUT2D eigenvalue weighted by Crippen LogP contribution is 2.33. The van der Waals surface area contributed by atoms with Gasteiger partial charge in [0.1, 0.15) is 5.69 Å². The third-order valence-corrected chi connectivity index (χ3v) is 3.25. The molecule has 2 rings (SSSR count). The Hall–Kier alpha value is -1.32. The van der Waals surface area contributed by atoms with Crippen LogP contribution in [0, 0.1) is 0 Å². The van der Waals surface area contributed by atoms with Crippen LogP contribution in [0.1, 0.15) is 43.6 Å². The fourth-order valence-corrected chi connectivity index (χ4v) is 2.31. The van der Waals surface area contributed by atoms with Gasteiger partial charge in [0.2, 0.25) is 0 Å². The van der Waals surface area contributed by atoms with Crippen LogP contribution in [-0.2, 0) is 7.05 Å². The molecule has 0 saturated heterocycles. The zero-order valence-corrected chi connectivity index (χ0v) is 9.07. The summed E-state index contributed by atoms with van der Waals surface area (Å²) in [5.41, 5.74) is 7.02. The Morgan fingerprint density at radius 3 is 2.73 bits per heavy atom. The first-order valence-corrected chi connectivity index (χ1v) is 5.52. The molecule has 1 aromatic rings. The number of aryl methyl sites for hydroxylation is 1. The van der Waals surface area contributed by atoms with Crippen molar-refractivity contribution in [2.24, 2.45) is 7.05 Å². The summed E-state index contributed by atoms with van der Waals surface area (Å²) in [5.74, 6) is 0.445. The fourth-order valence-electron chi connectivity index (χ4n) is 2.31. The highest BCUT2D eigenvalue weighted by Gasteiger charge is 2.19. The summed E-state index contributed by atoms with van der Waals surface area (Å²) >= 11 is 0. The lowest BCUT2D eigenvalue weighted by Crippen LogP contribution is -2.25. The van der Waals surface area contributed by atoms with E-state index in [1.165, 1.54) is 23.9 Å². The van der Waals surface area contributed by atoms with Gasteiger partial charge in [0, 0.05) is 12.6 Å². The van der Waals surface area contributed by atoms with E-state index in [4.69, 9.17) is 5.73 Å². The third kappa shape index (κ3) is 1.89. The SMILES string of the molecule is Cn1ncc(C2CCCCC2)c(N)c1=O. The van der Waals surface area contributed by atoms with E-state index < -0.39 is 0 Å². The number of nitrogen functional groups attached to an aromatic ring is 1. The Morgan fingerprint density at radius 2 is 2.07 bits per heavy atom. The van der Waals surface area contributed by atoms with Crippen LogP contribution >= 0.6 is 0 Å². The van der Waals surface area contributed by atoms with Crippen molar-refractivity contribution >= 4 is 5.69 Å². The van der Waals surface area contributed by atoms with Crippen molar-refractivity contribution in [3.05, 3.63) is 22.1 Å². The Labute approximate surface area is 89.1 Å². The molecule has 0 aliphatic heterocycles. The van der Waals surface area contributed by atoms with Gasteiger partial charge in [-0.15, -0.1) is 0 Å². The van der Waals surface area contributed by atoms with Crippen molar-refractivity contribution in [3.8, 4) is 0 Å². The molecule has 1 aliphatic rings. The van der Waals surface area contributed by atoms with Gasteiger partial charge < -0.3 is 5.73 Å². The molecule has 82 valence electrons. The van der Waals surface area contributed by atoms with Crippen molar-refractivity contribution in [1.29, 1.82) is 0 Å². The minimum Gasteiger partial charge on any atom is -0.394 e. The quantitative estimate of drug-likeness (QED) is 0.757. The van der Waals surface area contributed by atoms with Crippen LogP contribution in [0.5, 0.6) is 0 Å². The standard InChI is InChI=1S/C11H17N3O/c1-14-11(15)10(12)9(7-13-14)8-5-3-2-4-6-8/h7-8H,2-6,12H2,1H3. The molecule has 1 aliphatic carbocycles. The maximum Gasteiger partial charge on any atom is 0.289 e. The minimum atomic E-state index is -0.168. The van der Waals surface area contributed by atoms with Gasteiger partial charge in [-0.2, -0.15) is 5.10 Å². The number of aromatic nitrogens is 2. The average Bonchev–Trinajstić information content (AvgIpc) is 2.27. The Morgan fingerprint density at radius 1 is 1.40 bits per heavy atom. The van der Waals surface area contributed by atoms with Crippen molar-refractivity contribution in [1.82, 2.24) is 9.78 Å². The predicted molar refractivity (Wildman–Crippen MR) is 59.7 cm³/mol. The van der Waals surface area contributed by atoms with Crippen LogP contribution in [0.4, 0.5) is 5.69 Å². The maximum atomic E-state index is 11.6. The highest BCUT2D eigenvalue weighted by molar-refractivity contribution is 5.45. The molecule has 4 nitrogen and oxygen atoms in total. The number of nitrogens with zero attached hydrogens (tertiary/aromatic N) is 2. The third-order valence-electron chi connectivity index (χ3n) is 3.25. The van der Waals surface area contributed by atoms with Gasteiger partial charge in [-0.05, 0) is 18.8 Å². The van der Waals surface area contributed by atoms with Crippen molar-refractivity contribution in [2.45, 2.75) is 38.0 Å². The van der Waals surface area contributed by atoms with Crippen LogP contribution in [0.25, 0.3) is 0 Å². The Bertz CT molecular complexity index is 405. The maximum absolute atomic E-state index is 11.6. The molecular formula is C11H17N3O. The molecule has 0 unspecified atom stereocenters. The smallest absolute Gasteiger partial charge is 0.289 e. The van der Waals surface area contributed by atoms with E-state index in [0.29, 0.717) is 11.6 Å². The first-order valence-electron chi connectivity index (χ1n) is 5.52. The fraction of sp³-hybridized carbons (Fsp3) is 0.636. The van der Waals surface area contributed by atoms with E-state index in [2.05, 4.69) is 5.10 Å². The first-order chi connectivity index (χ1) is 7.20. The second-order valence-electron chi connectivity index (χ2n) is 4.28. The number of anilines is 1. The Balaban J connectivity index is 2.35. The average molecular weight is 207 g/mol. The van der Waals surface area contributed by atoms with E-state index in [0.717, 1.165) is 18.4 Å². The van der Waals surface area contributed by atoms with Crippen LogP contribution in [-0.4, -0.2) is 9.78 Å². The van der Waals surface area contributed by atoms with Crippen LogP contribution in [0.15, 0.2) is 11.0 Å². The van der Waals surface area contributed by atoms with E-state index >= 15 is 0 Å². The second-order valence-corrected chi connectivity index (χ2v) is 4.28. The molecule has 0 aromatic carbocycles. The highest BCUT2D eigenvalue weighted by atomic mass is 16.1. The zero-order valence-electron chi connectivity index (χ0n) is 9.07. The molecule has 2 N–H and O–H groups in total. The summed E-state index contributed by atoms with van der Waals surface area (Å²) in [6.07, 6.45) is 7.80. The van der Waals surface area contributed by atoms with Crippen LogP contribution in [0.3, 0.4) is 0 Å². The van der Waals surface area contributed by atoms with Crippen LogP contribution < -0.4 is 11.3 Å². The lowest BCUT2D eigenvalue weighted by Gasteiger charge is -2.22. The van der Waals surface area contributed by atoms with Gasteiger partial charge in [-0.1, -0.05) is 19.3 Å². The summed E-state index contributed by atoms with van der Waals surface area (Å²) in [7, 11) is 1.63. The molecule has 0 bridgehead atoms. The lowest BCUT2D eigenvalue weighted by molar-refractivity contribution is 0.442. The van der Waals surface area contributed by atoms with Crippen molar-refractivity contribution in [2.75, 3.05) is 5.73 Å². The van der Waals surface area contributed by atoms with Gasteiger partial charge >= 0.3 is 0 Å². The van der Waals surface area contributed by atoms with Gasteiger partial charge in [-0.25, -0.2) is 4.68 Å². The Kier molecular flexibility index (Phi) is 2.75. The van der Waals surface area contributed by atoms with E-state index in [1.54, 1.807) is 13.2 Å². The number of hydrogen-bond acceptors (Lipinski definition) is 3. The second kappa shape index (κ2) is 4.04. The molecule has 4 heteroatoms. The van der Waals surface area contributed by atoms with E-state index in [-0.39, 0.29) is 5.56 Å². The molecule has 0 amide bonds.